The minimum absolute atomic E-state index is 0.181. The standard InChI is InChI=1S/C16H17N3O2S2.C4H4O4/c1-12-10-22-11-15(12)16-6-13(7-17-2)9-19(16)23(20,21)14-4-3-5-18-8-14;5-3(6)1-2-4(7)8/h3-6,8-11,17H,7H2,1-2H3;1-2H,(H,5,6)(H,7,8). The number of pyridine rings is 1. The first kappa shape index (κ1) is 24.0. The van der Waals surface area contributed by atoms with Crippen LogP contribution in [0.25, 0.3) is 11.3 Å². The van der Waals surface area contributed by atoms with E-state index < -0.39 is 22.0 Å². The molecule has 0 spiro atoms. The summed E-state index contributed by atoms with van der Waals surface area (Å²) in [4.78, 5) is 23.2. The van der Waals surface area contributed by atoms with E-state index in [9.17, 15) is 18.0 Å². The summed E-state index contributed by atoms with van der Waals surface area (Å²) in [5, 5.41) is 22.7. The normalized spacial score (nSPS) is 11.2. The minimum atomic E-state index is -3.68. The zero-order valence-electron chi connectivity index (χ0n) is 16.7. The number of nitrogens with zero attached hydrogens (tertiary/aromatic N) is 2. The van der Waals surface area contributed by atoms with Gasteiger partial charge in [-0.15, -0.1) is 0 Å². The summed E-state index contributed by atoms with van der Waals surface area (Å²) in [6, 6.07) is 5.10. The van der Waals surface area contributed by atoms with Crippen LogP contribution in [0.4, 0.5) is 0 Å². The first-order valence-corrected chi connectivity index (χ1v) is 11.2. The van der Waals surface area contributed by atoms with E-state index in [2.05, 4.69) is 10.3 Å². The Hall–Kier alpha value is -3.28. The molecule has 0 aliphatic rings. The molecule has 3 aromatic rings. The van der Waals surface area contributed by atoms with Crippen molar-refractivity contribution in [1.29, 1.82) is 0 Å². The Bertz CT molecular complexity index is 1160. The highest BCUT2D eigenvalue weighted by Gasteiger charge is 2.22. The Morgan fingerprint density at radius 2 is 1.90 bits per heavy atom. The molecule has 31 heavy (non-hydrogen) atoms. The van der Waals surface area contributed by atoms with Crippen molar-refractivity contribution in [2.45, 2.75) is 18.4 Å². The van der Waals surface area contributed by atoms with Gasteiger partial charge in [-0.25, -0.2) is 22.0 Å². The predicted molar refractivity (Wildman–Crippen MR) is 116 cm³/mol. The fourth-order valence-electron chi connectivity index (χ4n) is 2.57. The van der Waals surface area contributed by atoms with Crippen LogP contribution in [-0.2, 0) is 26.2 Å². The number of aryl methyl sites for hydroxylation is 1. The molecule has 0 aliphatic heterocycles. The number of nitrogens with one attached hydrogen (secondary N) is 1. The van der Waals surface area contributed by atoms with Gasteiger partial charge in [0.05, 0.1) is 5.69 Å². The molecule has 0 aromatic carbocycles. The van der Waals surface area contributed by atoms with Crippen molar-refractivity contribution in [3.8, 4) is 11.3 Å². The SMILES string of the molecule is CNCc1cc(-c2cscc2C)n(S(=O)(=O)c2cccnc2)c1.O=C(O)C=CC(=O)O. The lowest BCUT2D eigenvalue weighted by Crippen LogP contribution is -2.13. The first-order chi connectivity index (χ1) is 14.7. The van der Waals surface area contributed by atoms with Crippen LogP contribution in [0.1, 0.15) is 11.1 Å². The Labute approximate surface area is 183 Å². The Kier molecular flexibility index (Phi) is 8.25. The van der Waals surface area contributed by atoms with E-state index >= 15 is 0 Å². The van der Waals surface area contributed by atoms with Crippen molar-refractivity contribution in [2.24, 2.45) is 0 Å². The number of rotatable bonds is 7. The van der Waals surface area contributed by atoms with Gasteiger partial charge < -0.3 is 15.5 Å². The second kappa shape index (κ2) is 10.7. The van der Waals surface area contributed by atoms with Gasteiger partial charge in [0.15, 0.2) is 0 Å². The van der Waals surface area contributed by atoms with Crippen LogP contribution in [0.3, 0.4) is 0 Å². The molecule has 0 saturated carbocycles. The molecule has 11 heteroatoms. The quantitative estimate of drug-likeness (QED) is 0.455. The molecular formula is C20H21N3O6S2. The van der Waals surface area contributed by atoms with Crippen molar-refractivity contribution in [3.05, 3.63) is 70.8 Å². The smallest absolute Gasteiger partial charge is 0.328 e. The van der Waals surface area contributed by atoms with Crippen molar-refractivity contribution < 1.29 is 28.2 Å². The molecule has 0 amide bonds. The van der Waals surface area contributed by atoms with E-state index in [0.29, 0.717) is 24.4 Å². The number of carboxylic acid groups (broad SMARTS) is 2. The molecule has 0 atom stereocenters. The molecule has 0 aliphatic carbocycles. The molecule has 0 radical (unpaired) electrons. The zero-order valence-corrected chi connectivity index (χ0v) is 18.4. The van der Waals surface area contributed by atoms with E-state index in [1.165, 1.54) is 10.2 Å². The van der Waals surface area contributed by atoms with Gasteiger partial charge in [-0.05, 0) is 48.7 Å². The minimum Gasteiger partial charge on any atom is -0.478 e. The third kappa shape index (κ3) is 6.35. The van der Waals surface area contributed by atoms with Gasteiger partial charge in [0.1, 0.15) is 4.90 Å². The van der Waals surface area contributed by atoms with E-state index in [1.807, 2.05) is 30.8 Å². The third-order valence-electron chi connectivity index (χ3n) is 3.91. The van der Waals surface area contributed by atoms with Crippen molar-refractivity contribution in [2.75, 3.05) is 7.05 Å². The Balaban J connectivity index is 0.000000366. The first-order valence-electron chi connectivity index (χ1n) is 8.85. The third-order valence-corrected chi connectivity index (χ3v) is 6.43. The van der Waals surface area contributed by atoms with Crippen LogP contribution in [-0.4, -0.2) is 46.6 Å². The fourth-order valence-corrected chi connectivity index (χ4v) is 4.77. The molecule has 3 aromatic heterocycles. The van der Waals surface area contributed by atoms with Gasteiger partial charge in [-0.3, -0.25) is 4.98 Å². The predicted octanol–water partition coefficient (Wildman–Crippen LogP) is 2.59. The topological polar surface area (TPSA) is 139 Å². The molecule has 3 heterocycles. The number of hydrogen-bond donors (Lipinski definition) is 3. The van der Waals surface area contributed by atoms with Crippen molar-refractivity contribution in [1.82, 2.24) is 14.3 Å². The Morgan fingerprint density at radius 1 is 1.23 bits per heavy atom. The molecule has 0 unspecified atom stereocenters. The van der Waals surface area contributed by atoms with E-state index in [0.717, 1.165) is 16.7 Å². The maximum atomic E-state index is 13.0. The van der Waals surface area contributed by atoms with Crippen molar-refractivity contribution >= 4 is 33.3 Å². The number of carbonyl (C=O) groups is 2. The highest BCUT2D eigenvalue weighted by molar-refractivity contribution is 7.90. The number of aliphatic carboxylic acids is 2. The zero-order chi connectivity index (χ0) is 23.0. The van der Waals surface area contributed by atoms with Gasteiger partial charge in [0.2, 0.25) is 0 Å². The summed E-state index contributed by atoms with van der Waals surface area (Å²) in [7, 11) is -1.84. The number of carboxylic acids is 2. The summed E-state index contributed by atoms with van der Waals surface area (Å²) in [6.45, 7) is 2.59. The monoisotopic (exact) mass is 463 g/mol. The molecule has 3 N–H and O–H groups in total. The second-order valence-corrected chi connectivity index (χ2v) is 8.79. The lowest BCUT2D eigenvalue weighted by molar-refractivity contribution is -0.134. The van der Waals surface area contributed by atoms with Crippen LogP contribution in [0, 0.1) is 6.92 Å². The van der Waals surface area contributed by atoms with Gasteiger partial charge in [-0.1, -0.05) is 0 Å². The lowest BCUT2D eigenvalue weighted by Gasteiger charge is -2.10. The lowest BCUT2D eigenvalue weighted by atomic mass is 10.1. The number of aromatic nitrogens is 2. The fraction of sp³-hybridized carbons (Fsp3) is 0.150. The van der Waals surface area contributed by atoms with Crippen molar-refractivity contribution in [3.63, 3.8) is 0 Å². The van der Waals surface area contributed by atoms with E-state index in [4.69, 9.17) is 10.2 Å². The molecule has 164 valence electrons. The summed E-state index contributed by atoms with van der Waals surface area (Å²) >= 11 is 1.56. The molecule has 0 fully saturated rings. The maximum absolute atomic E-state index is 13.0. The average molecular weight is 464 g/mol. The van der Waals surface area contributed by atoms with Crippen LogP contribution >= 0.6 is 11.3 Å². The Morgan fingerprint density at radius 3 is 2.39 bits per heavy atom. The van der Waals surface area contributed by atoms with Gasteiger partial charge in [0, 0.05) is 48.2 Å². The second-order valence-electron chi connectivity index (χ2n) is 6.23. The molecular weight excluding hydrogens is 442 g/mol. The summed E-state index contributed by atoms with van der Waals surface area (Å²) < 4.78 is 27.3. The highest BCUT2D eigenvalue weighted by atomic mass is 32.2. The summed E-state index contributed by atoms with van der Waals surface area (Å²) in [5.74, 6) is -2.51. The largest absolute Gasteiger partial charge is 0.478 e. The van der Waals surface area contributed by atoms with Crippen LogP contribution in [0.2, 0.25) is 0 Å². The summed E-state index contributed by atoms with van der Waals surface area (Å²) in [5.41, 5.74) is 3.59. The maximum Gasteiger partial charge on any atom is 0.328 e. The molecule has 3 rings (SSSR count). The van der Waals surface area contributed by atoms with Crippen LogP contribution in [0.15, 0.2) is 64.6 Å². The average Bonchev–Trinajstić information content (AvgIpc) is 3.34. The van der Waals surface area contributed by atoms with Gasteiger partial charge >= 0.3 is 11.9 Å². The van der Waals surface area contributed by atoms with Gasteiger partial charge in [0.25, 0.3) is 10.0 Å². The van der Waals surface area contributed by atoms with E-state index in [-0.39, 0.29) is 4.90 Å². The highest BCUT2D eigenvalue weighted by Crippen LogP contribution is 2.31. The molecule has 0 saturated heterocycles. The van der Waals surface area contributed by atoms with Crippen LogP contribution < -0.4 is 5.32 Å². The van der Waals surface area contributed by atoms with Gasteiger partial charge in [-0.2, -0.15) is 11.3 Å². The number of hydrogen-bond acceptors (Lipinski definition) is 7. The molecule has 0 bridgehead atoms. The van der Waals surface area contributed by atoms with Crippen LogP contribution in [0.5, 0.6) is 0 Å². The molecule has 9 nitrogen and oxygen atoms in total. The number of thiophene rings is 1. The van der Waals surface area contributed by atoms with E-state index in [1.54, 1.807) is 35.9 Å². The summed E-state index contributed by atoms with van der Waals surface area (Å²) in [6.07, 6.45) is 5.72.